The van der Waals surface area contributed by atoms with E-state index in [1.807, 2.05) is 0 Å². The van der Waals surface area contributed by atoms with Crippen LogP contribution >= 0.6 is 0 Å². The van der Waals surface area contributed by atoms with Crippen LogP contribution in [0.1, 0.15) is 43.8 Å². The van der Waals surface area contributed by atoms with Crippen LogP contribution in [0.3, 0.4) is 0 Å². The van der Waals surface area contributed by atoms with Crippen molar-refractivity contribution >= 4 is 22.9 Å². The molecule has 2 aromatic carbocycles. The lowest BCUT2D eigenvalue weighted by Gasteiger charge is -2.26. The van der Waals surface area contributed by atoms with Gasteiger partial charge in [0.2, 0.25) is 0 Å². The maximum atomic E-state index is 13.9. The Morgan fingerprint density at radius 1 is 0.722 bits per heavy atom. The number of rotatable bonds is 16. The molecule has 0 amide bonds. The van der Waals surface area contributed by atoms with Crippen molar-refractivity contribution in [3.05, 3.63) is 52.1 Å². The normalized spacial score (nSPS) is 12.4. The van der Waals surface area contributed by atoms with Gasteiger partial charge in [0.25, 0.3) is 0 Å². The number of nitrogens with one attached hydrogen (secondary N) is 4. The van der Waals surface area contributed by atoms with E-state index >= 15 is 0 Å². The first-order valence-corrected chi connectivity index (χ1v) is 12.3. The number of phenolic OH excluding ortho intramolecular Hbond substituents is 1. The highest BCUT2D eigenvalue weighted by Gasteiger charge is 2.37. The van der Waals surface area contributed by atoms with Gasteiger partial charge in [-0.2, -0.15) is 0 Å². The van der Waals surface area contributed by atoms with Gasteiger partial charge >= 0.3 is 0 Å². The average Bonchev–Trinajstić information content (AvgIpc) is 2.88. The molecule has 0 aliphatic heterocycles. The Balaban J connectivity index is 2.00. The number of aliphatic hydroxyl groups is 2. The summed E-state index contributed by atoms with van der Waals surface area (Å²) in [5, 5.41) is 41.1. The molecular formula is C26H36N4O6. The van der Waals surface area contributed by atoms with Gasteiger partial charge in [0.05, 0.1) is 29.9 Å². The minimum absolute atomic E-state index is 0.0265. The van der Waals surface area contributed by atoms with Crippen LogP contribution in [0.15, 0.2) is 24.3 Å². The van der Waals surface area contributed by atoms with Gasteiger partial charge in [-0.1, -0.05) is 6.07 Å². The van der Waals surface area contributed by atoms with Crippen LogP contribution < -0.4 is 21.3 Å². The SMILES string of the molecule is COCCCc1ccc(O)c2c1C(=O)c1c(NCCNCCO)ccc(NCCNCCO)c1C2=O. The summed E-state index contributed by atoms with van der Waals surface area (Å²) in [6.45, 7) is 3.56. The van der Waals surface area contributed by atoms with Gasteiger partial charge in [-0.25, -0.2) is 0 Å². The van der Waals surface area contributed by atoms with E-state index in [4.69, 9.17) is 14.9 Å². The molecule has 0 atom stereocenters. The van der Waals surface area contributed by atoms with Crippen LogP contribution in [0.2, 0.25) is 0 Å². The van der Waals surface area contributed by atoms with Crippen LogP contribution in [0.25, 0.3) is 0 Å². The zero-order valence-corrected chi connectivity index (χ0v) is 20.7. The average molecular weight is 501 g/mol. The number of benzene rings is 2. The second-order valence-corrected chi connectivity index (χ2v) is 8.46. The summed E-state index contributed by atoms with van der Waals surface area (Å²) in [4.78, 5) is 27.7. The molecule has 0 fully saturated rings. The Morgan fingerprint density at radius 3 is 1.81 bits per heavy atom. The zero-order chi connectivity index (χ0) is 25.9. The van der Waals surface area contributed by atoms with Crippen LogP contribution in [-0.2, 0) is 11.2 Å². The first-order chi connectivity index (χ1) is 17.5. The number of aliphatic hydroxyl groups excluding tert-OH is 2. The van der Waals surface area contributed by atoms with E-state index in [2.05, 4.69) is 21.3 Å². The third-order valence-electron chi connectivity index (χ3n) is 5.99. The largest absolute Gasteiger partial charge is 0.507 e. The number of ketones is 2. The van der Waals surface area contributed by atoms with Gasteiger partial charge in [-0.3, -0.25) is 9.59 Å². The van der Waals surface area contributed by atoms with Crippen molar-refractivity contribution in [3.8, 4) is 5.75 Å². The summed E-state index contributed by atoms with van der Waals surface area (Å²) in [7, 11) is 1.61. The molecule has 196 valence electrons. The fourth-order valence-electron chi connectivity index (χ4n) is 4.34. The van der Waals surface area contributed by atoms with Crippen molar-refractivity contribution in [2.45, 2.75) is 12.8 Å². The standard InChI is InChI=1S/C26H36N4O6/c1-36-16-2-3-17-4-7-20(33)24-21(17)25(34)22-18(29-10-8-27-12-14-31)5-6-19(23(22)26(24)35)30-11-9-28-13-15-32/h4-7,27-33H,2-3,8-16H2,1H3. The van der Waals surface area contributed by atoms with E-state index in [0.717, 1.165) is 0 Å². The smallest absolute Gasteiger partial charge is 0.200 e. The van der Waals surface area contributed by atoms with Gasteiger partial charge in [-0.05, 0) is 36.6 Å². The molecule has 36 heavy (non-hydrogen) atoms. The maximum absolute atomic E-state index is 13.9. The van der Waals surface area contributed by atoms with Crippen molar-refractivity contribution in [3.63, 3.8) is 0 Å². The quantitative estimate of drug-likeness (QED) is 0.140. The Hall–Kier alpha value is -3.02. The molecule has 0 saturated carbocycles. The van der Waals surface area contributed by atoms with Crippen molar-refractivity contribution in [1.82, 2.24) is 10.6 Å². The number of aryl methyl sites for hydroxylation is 1. The number of aromatic hydroxyl groups is 1. The molecule has 0 heterocycles. The zero-order valence-electron chi connectivity index (χ0n) is 20.7. The number of carbonyl (C=O) groups is 2. The summed E-state index contributed by atoms with van der Waals surface area (Å²) in [5.41, 5.74) is 2.53. The lowest BCUT2D eigenvalue weighted by Crippen LogP contribution is -2.29. The topological polar surface area (TPSA) is 152 Å². The maximum Gasteiger partial charge on any atom is 0.200 e. The first-order valence-electron chi connectivity index (χ1n) is 12.3. The molecule has 0 spiro atoms. The molecule has 0 radical (unpaired) electrons. The molecule has 3 rings (SSSR count). The molecule has 7 N–H and O–H groups in total. The number of fused-ring (bicyclic) bond motifs is 2. The Kier molecular flexibility index (Phi) is 10.6. The van der Waals surface area contributed by atoms with E-state index < -0.39 is 5.78 Å². The molecule has 0 bridgehead atoms. The van der Waals surface area contributed by atoms with E-state index in [0.29, 0.717) is 75.7 Å². The van der Waals surface area contributed by atoms with Crippen LogP contribution in [0.4, 0.5) is 11.4 Å². The molecular weight excluding hydrogens is 464 g/mol. The van der Waals surface area contributed by atoms with Crippen LogP contribution in [-0.4, -0.2) is 93.1 Å². The molecule has 1 aliphatic carbocycles. The third kappa shape index (κ3) is 6.40. The highest BCUT2D eigenvalue weighted by atomic mass is 16.5. The second-order valence-electron chi connectivity index (χ2n) is 8.46. The van der Waals surface area contributed by atoms with Gasteiger partial charge in [0, 0.05) is 69.9 Å². The van der Waals surface area contributed by atoms with Crippen LogP contribution in [0.5, 0.6) is 5.75 Å². The van der Waals surface area contributed by atoms with Crippen LogP contribution in [0, 0.1) is 0 Å². The van der Waals surface area contributed by atoms with Crippen molar-refractivity contribution in [2.75, 3.05) is 76.8 Å². The Labute approximate surface area is 211 Å². The molecule has 2 aromatic rings. The fourth-order valence-corrected chi connectivity index (χ4v) is 4.34. The molecule has 10 heteroatoms. The summed E-state index contributed by atoms with van der Waals surface area (Å²) in [6.07, 6.45) is 1.21. The lowest BCUT2D eigenvalue weighted by molar-refractivity contribution is 0.0976. The van der Waals surface area contributed by atoms with E-state index in [1.165, 1.54) is 6.07 Å². The molecule has 1 aliphatic rings. The molecule has 0 aromatic heterocycles. The van der Waals surface area contributed by atoms with Gasteiger partial charge < -0.3 is 41.3 Å². The van der Waals surface area contributed by atoms with Crippen molar-refractivity contribution in [1.29, 1.82) is 0 Å². The predicted octanol–water partition coefficient (Wildman–Crippen LogP) is 0.734. The number of carbonyl (C=O) groups excluding carboxylic acids is 2. The molecule has 0 saturated heterocycles. The summed E-state index contributed by atoms with van der Waals surface area (Å²) in [6, 6.07) is 6.70. The van der Waals surface area contributed by atoms with E-state index in [9.17, 15) is 14.7 Å². The number of methoxy groups -OCH3 is 1. The fraction of sp³-hybridized carbons (Fsp3) is 0.462. The van der Waals surface area contributed by atoms with Gasteiger partial charge in [0.15, 0.2) is 11.6 Å². The third-order valence-corrected chi connectivity index (χ3v) is 5.99. The minimum atomic E-state index is -0.404. The molecule has 10 nitrogen and oxygen atoms in total. The Bertz CT molecular complexity index is 1060. The number of phenols is 1. The summed E-state index contributed by atoms with van der Waals surface area (Å²) >= 11 is 0. The number of anilines is 2. The van der Waals surface area contributed by atoms with Gasteiger partial charge in [0.1, 0.15) is 5.75 Å². The lowest BCUT2D eigenvalue weighted by atomic mass is 9.79. The van der Waals surface area contributed by atoms with E-state index in [1.54, 1.807) is 25.3 Å². The summed E-state index contributed by atoms with van der Waals surface area (Å²) in [5.74, 6) is -0.930. The van der Waals surface area contributed by atoms with E-state index in [-0.39, 0.29) is 47.0 Å². The highest BCUT2D eigenvalue weighted by molar-refractivity contribution is 6.33. The van der Waals surface area contributed by atoms with Crippen molar-refractivity contribution < 1.29 is 29.6 Å². The monoisotopic (exact) mass is 500 g/mol. The Morgan fingerprint density at radius 2 is 1.28 bits per heavy atom. The number of ether oxygens (including phenoxy) is 1. The summed E-state index contributed by atoms with van der Waals surface area (Å²) < 4.78 is 5.14. The first kappa shape index (κ1) is 27.6. The molecule has 0 unspecified atom stereocenters. The second kappa shape index (κ2) is 13.9. The van der Waals surface area contributed by atoms with Gasteiger partial charge in [-0.15, -0.1) is 0 Å². The number of hydrogen-bond acceptors (Lipinski definition) is 10. The highest BCUT2D eigenvalue weighted by Crippen LogP contribution is 2.40. The predicted molar refractivity (Wildman–Crippen MR) is 139 cm³/mol. The minimum Gasteiger partial charge on any atom is -0.507 e. The number of hydrogen-bond donors (Lipinski definition) is 7. The van der Waals surface area contributed by atoms with Crippen molar-refractivity contribution in [2.24, 2.45) is 0 Å².